The molecule has 1 saturated carbocycles. The molecule has 0 N–H and O–H groups in total. The predicted molar refractivity (Wildman–Crippen MR) is 72.7 cm³/mol. The van der Waals surface area contributed by atoms with Crippen LogP contribution in [0, 0.1) is 0 Å². The van der Waals surface area contributed by atoms with E-state index in [0.717, 1.165) is 32.1 Å². The Balaban J connectivity index is 1.79. The molecule has 0 bridgehead atoms. The second kappa shape index (κ2) is 3.82. The molecule has 0 unspecified atom stereocenters. The second-order valence-corrected chi connectivity index (χ2v) is 5.61. The molecule has 3 heterocycles. The summed E-state index contributed by atoms with van der Waals surface area (Å²) in [4.78, 5) is 7.21. The molecular formula is C15H19N3. The van der Waals surface area contributed by atoms with Gasteiger partial charge in [0, 0.05) is 36.9 Å². The Hall–Kier alpha value is -1.35. The van der Waals surface area contributed by atoms with Crippen LogP contribution in [0.15, 0.2) is 18.3 Å². The molecule has 2 aromatic heterocycles. The monoisotopic (exact) mass is 241 g/mol. The lowest BCUT2D eigenvalue weighted by Crippen LogP contribution is -2.33. The quantitative estimate of drug-likeness (QED) is 0.806. The van der Waals surface area contributed by atoms with Crippen molar-refractivity contribution in [2.24, 2.45) is 0 Å². The fourth-order valence-electron chi connectivity index (χ4n) is 3.06. The molecule has 0 radical (unpaired) electrons. The van der Waals surface area contributed by atoms with Gasteiger partial charge in [-0.05, 0) is 43.0 Å². The molecule has 18 heavy (non-hydrogen) atoms. The van der Waals surface area contributed by atoms with Crippen LogP contribution in [0.5, 0.6) is 0 Å². The van der Waals surface area contributed by atoms with E-state index in [1.165, 1.54) is 35.1 Å². The van der Waals surface area contributed by atoms with Gasteiger partial charge in [-0.1, -0.05) is 6.92 Å². The number of hydrogen-bond acceptors (Lipinski definition) is 2. The lowest BCUT2D eigenvalue weighted by molar-refractivity contribution is 0.234. The molecule has 3 heteroatoms. The molecule has 0 saturated heterocycles. The summed E-state index contributed by atoms with van der Waals surface area (Å²) < 4.78 is 2.40. The maximum absolute atomic E-state index is 4.71. The fourth-order valence-corrected chi connectivity index (χ4v) is 3.06. The summed E-state index contributed by atoms with van der Waals surface area (Å²) in [7, 11) is 0. The van der Waals surface area contributed by atoms with Crippen molar-refractivity contribution < 1.29 is 0 Å². The number of nitrogens with zero attached hydrogens (tertiary/aromatic N) is 3. The van der Waals surface area contributed by atoms with E-state index in [1.807, 2.05) is 0 Å². The summed E-state index contributed by atoms with van der Waals surface area (Å²) in [5.41, 5.74) is 4.06. The molecule has 1 aliphatic carbocycles. The number of likely N-dealkylation sites (N-methyl/N-ethyl adjacent to an activating group) is 1. The van der Waals surface area contributed by atoms with Crippen LogP contribution >= 0.6 is 0 Å². The summed E-state index contributed by atoms with van der Waals surface area (Å²) >= 11 is 0. The van der Waals surface area contributed by atoms with Crippen molar-refractivity contribution in [3.8, 4) is 0 Å². The summed E-state index contributed by atoms with van der Waals surface area (Å²) in [6.07, 6.45) is 4.80. The zero-order valence-corrected chi connectivity index (χ0v) is 10.9. The SMILES string of the molecule is CCN1CCn2c(cc3cc(C4CC4)cnc32)C1. The maximum atomic E-state index is 4.71. The Morgan fingerprint density at radius 3 is 2.94 bits per heavy atom. The predicted octanol–water partition coefficient (Wildman–Crippen LogP) is 2.75. The fraction of sp³-hybridized carbons (Fsp3) is 0.533. The van der Waals surface area contributed by atoms with Gasteiger partial charge in [-0.25, -0.2) is 4.98 Å². The lowest BCUT2D eigenvalue weighted by Gasteiger charge is -2.27. The van der Waals surface area contributed by atoms with Gasteiger partial charge in [0.15, 0.2) is 0 Å². The van der Waals surface area contributed by atoms with Gasteiger partial charge in [0.1, 0.15) is 5.65 Å². The van der Waals surface area contributed by atoms with Crippen molar-refractivity contribution >= 4 is 11.0 Å². The smallest absolute Gasteiger partial charge is 0.140 e. The van der Waals surface area contributed by atoms with Gasteiger partial charge in [0.25, 0.3) is 0 Å². The van der Waals surface area contributed by atoms with Gasteiger partial charge in [-0.15, -0.1) is 0 Å². The third-order valence-electron chi connectivity index (χ3n) is 4.36. The highest BCUT2D eigenvalue weighted by molar-refractivity contribution is 5.78. The number of hydrogen-bond donors (Lipinski definition) is 0. The minimum atomic E-state index is 0.797. The maximum Gasteiger partial charge on any atom is 0.140 e. The van der Waals surface area contributed by atoms with Crippen LogP contribution in [0.1, 0.15) is 36.9 Å². The Bertz CT molecular complexity index is 595. The summed E-state index contributed by atoms with van der Waals surface area (Å²) in [6.45, 7) is 6.69. The van der Waals surface area contributed by atoms with Gasteiger partial charge in [-0.2, -0.15) is 0 Å². The molecular weight excluding hydrogens is 222 g/mol. The van der Waals surface area contributed by atoms with E-state index in [4.69, 9.17) is 4.98 Å². The normalized spacial score (nSPS) is 20.3. The number of fused-ring (bicyclic) bond motifs is 3. The highest BCUT2D eigenvalue weighted by Crippen LogP contribution is 2.40. The zero-order chi connectivity index (χ0) is 12.1. The first kappa shape index (κ1) is 10.6. The highest BCUT2D eigenvalue weighted by Gasteiger charge is 2.25. The molecule has 0 atom stereocenters. The minimum absolute atomic E-state index is 0.797. The topological polar surface area (TPSA) is 21.1 Å². The van der Waals surface area contributed by atoms with E-state index in [9.17, 15) is 0 Å². The summed E-state index contributed by atoms with van der Waals surface area (Å²) in [5.74, 6) is 0.797. The van der Waals surface area contributed by atoms with E-state index in [-0.39, 0.29) is 0 Å². The first-order chi connectivity index (χ1) is 8.85. The molecule has 3 nitrogen and oxygen atoms in total. The second-order valence-electron chi connectivity index (χ2n) is 5.61. The van der Waals surface area contributed by atoms with Crippen LogP contribution < -0.4 is 0 Å². The molecule has 94 valence electrons. The largest absolute Gasteiger partial charge is 0.327 e. The van der Waals surface area contributed by atoms with Gasteiger partial charge < -0.3 is 4.57 Å². The van der Waals surface area contributed by atoms with Crippen molar-refractivity contribution in [3.05, 3.63) is 29.6 Å². The Morgan fingerprint density at radius 2 is 2.17 bits per heavy atom. The third-order valence-corrected chi connectivity index (χ3v) is 4.36. The van der Waals surface area contributed by atoms with E-state index < -0.39 is 0 Å². The average molecular weight is 241 g/mol. The molecule has 1 aliphatic heterocycles. The minimum Gasteiger partial charge on any atom is -0.327 e. The van der Waals surface area contributed by atoms with Crippen molar-refractivity contribution in [2.75, 3.05) is 13.1 Å². The Kier molecular flexibility index (Phi) is 2.24. The van der Waals surface area contributed by atoms with Gasteiger partial charge >= 0.3 is 0 Å². The number of aromatic nitrogens is 2. The first-order valence-corrected chi connectivity index (χ1v) is 7.05. The molecule has 1 fully saturated rings. The van der Waals surface area contributed by atoms with Crippen molar-refractivity contribution in [2.45, 2.75) is 38.8 Å². The van der Waals surface area contributed by atoms with Crippen LogP contribution in [-0.2, 0) is 13.1 Å². The molecule has 0 spiro atoms. The number of rotatable bonds is 2. The standard InChI is InChI=1S/C15H19N3/c1-2-17-5-6-18-14(10-17)8-12-7-13(11-3-4-11)9-16-15(12)18/h7-9,11H,2-6,10H2,1H3. The molecule has 4 rings (SSSR count). The van der Waals surface area contributed by atoms with Crippen LogP contribution in [-0.4, -0.2) is 27.5 Å². The van der Waals surface area contributed by atoms with Crippen molar-refractivity contribution in [1.29, 1.82) is 0 Å². The van der Waals surface area contributed by atoms with E-state index >= 15 is 0 Å². The molecule has 0 aromatic carbocycles. The lowest BCUT2D eigenvalue weighted by atomic mass is 10.1. The molecule has 2 aromatic rings. The van der Waals surface area contributed by atoms with Gasteiger partial charge in [0.2, 0.25) is 0 Å². The first-order valence-electron chi connectivity index (χ1n) is 7.05. The van der Waals surface area contributed by atoms with E-state index in [0.29, 0.717) is 0 Å². The summed E-state index contributed by atoms with van der Waals surface area (Å²) in [6, 6.07) is 4.71. The molecule has 2 aliphatic rings. The van der Waals surface area contributed by atoms with Crippen LogP contribution in [0.25, 0.3) is 11.0 Å². The Morgan fingerprint density at radius 1 is 1.28 bits per heavy atom. The third kappa shape index (κ3) is 1.57. The van der Waals surface area contributed by atoms with Crippen LogP contribution in [0.4, 0.5) is 0 Å². The van der Waals surface area contributed by atoms with Crippen LogP contribution in [0.2, 0.25) is 0 Å². The average Bonchev–Trinajstić information content (AvgIpc) is 3.18. The van der Waals surface area contributed by atoms with Crippen molar-refractivity contribution in [1.82, 2.24) is 14.5 Å². The van der Waals surface area contributed by atoms with Gasteiger partial charge in [0.05, 0.1) is 0 Å². The Labute approximate surface area is 107 Å². The van der Waals surface area contributed by atoms with Crippen molar-refractivity contribution in [3.63, 3.8) is 0 Å². The van der Waals surface area contributed by atoms with Crippen LogP contribution in [0.3, 0.4) is 0 Å². The van der Waals surface area contributed by atoms with Gasteiger partial charge in [-0.3, -0.25) is 4.90 Å². The molecule has 0 amide bonds. The highest BCUT2D eigenvalue weighted by atomic mass is 15.2. The summed E-state index contributed by atoms with van der Waals surface area (Å²) in [5, 5.41) is 1.34. The van der Waals surface area contributed by atoms with E-state index in [2.05, 4.69) is 34.7 Å². The number of pyridine rings is 1. The van der Waals surface area contributed by atoms with E-state index in [1.54, 1.807) is 0 Å². The zero-order valence-electron chi connectivity index (χ0n) is 10.9.